The fourth-order valence-corrected chi connectivity index (χ4v) is 10.8. The zero-order valence-electron chi connectivity index (χ0n) is 23.6. The molecule has 4 bridgehead atoms. The van der Waals surface area contributed by atoms with Gasteiger partial charge in [-0.2, -0.15) is 0 Å². The van der Waals surface area contributed by atoms with Crippen molar-refractivity contribution in [2.24, 2.45) is 39.9 Å². The average molecular weight is 532 g/mol. The van der Waals surface area contributed by atoms with Gasteiger partial charge in [0.15, 0.2) is 0 Å². The van der Waals surface area contributed by atoms with E-state index in [0.717, 1.165) is 38.0 Å². The number of piperidine rings is 2. The highest BCUT2D eigenvalue weighted by Gasteiger charge is 2.68. The number of rotatable bonds is 5. The van der Waals surface area contributed by atoms with E-state index in [1.54, 1.807) is 11.8 Å². The minimum absolute atomic E-state index is 0.00642. The molecule has 0 spiro atoms. The molecule has 0 aromatic carbocycles. The van der Waals surface area contributed by atoms with Crippen LogP contribution in [0.25, 0.3) is 0 Å². The Hall–Kier alpha value is -0.850. The van der Waals surface area contributed by atoms with Crippen LogP contribution >= 0.6 is 11.8 Å². The number of carbonyl (C=O) groups is 2. The minimum Gasteiger partial charge on any atom is -0.461 e. The van der Waals surface area contributed by atoms with Crippen molar-refractivity contribution < 1.29 is 19.4 Å². The predicted molar refractivity (Wildman–Crippen MR) is 149 cm³/mol. The molecule has 5 rings (SSSR count). The highest BCUT2D eigenvalue weighted by Crippen LogP contribution is 2.68. The molecule has 2 heterocycles. The Balaban J connectivity index is 1.37. The van der Waals surface area contributed by atoms with Gasteiger partial charge < -0.3 is 15.2 Å². The topological polar surface area (TPSA) is 75.6 Å². The molecule has 208 valence electrons. The molecule has 1 unspecified atom stereocenters. The van der Waals surface area contributed by atoms with Crippen LogP contribution in [0, 0.1) is 39.9 Å². The van der Waals surface area contributed by atoms with Gasteiger partial charge in [0.25, 0.3) is 0 Å². The summed E-state index contributed by atoms with van der Waals surface area (Å²) in [4.78, 5) is 27.0. The van der Waals surface area contributed by atoms with E-state index in [-0.39, 0.29) is 29.1 Å². The zero-order chi connectivity index (χ0) is 26.8. The number of thioether (sulfide) groups is 1. The molecular formula is C31H49NO4S. The number of carbonyl (C=O) groups excluding carboxylic acids is 2. The Morgan fingerprint density at radius 3 is 2.49 bits per heavy atom. The summed E-state index contributed by atoms with van der Waals surface area (Å²) >= 11 is 1.76. The van der Waals surface area contributed by atoms with E-state index in [9.17, 15) is 14.7 Å². The summed E-state index contributed by atoms with van der Waals surface area (Å²) in [5, 5.41) is 15.9. The predicted octanol–water partition coefficient (Wildman–Crippen LogP) is 5.55. The van der Waals surface area contributed by atoms with Crippen LogP contribution in [0.5, 0.6) is 0 Å². The van der Waals surface area contributed by atoms with Crippen molar-refractivity contribution in [2.75, 3.05) is 5.75 Å². The maximum atomic E-state index is 13.5. The third kappa shape index (κ3) is 4.55. The van der Waals surface area contributed by atoms with E-state index >= 15 is 0 Å². The largest absolute Gasteiger partial charge is 0.461 e. The Morgan fingerprint density at radius 1 is 1.16 bits per heavy atom. The van der Waals surface area contributed by atoms with Gasteiger partial charge >= 0.3 is 5.97 Å². The van der Waals surface area contributed by atoms with E-state index < -0.39 is 23.0 Å². The van der Waals surface area contributed by atoms with Gasteiger partial charge in [-0.15, -0.1) is 18.3 Å². The van der Waals surface area contributed by atoms with Crippen molar-refractivity contribution in [2.45, 2.75) is 122 Å². The maximum Gasteiger partial charge on any atom is 0.316 e. The lowest BCUT2D eigenvalue weighted by atomic mass is 9.44. The molecule has 2 N–H and O–H groups in total. The highest BCUT2D eigenvalue weighted by molar-refractivity contribution is 8.00. The number of hydrogen-bond donors (Lipinski definition) is 2. The molecule has 3 saturated carbocycles. The third-order valence-electron chi connectivity index (χ3n) is 12.0. The summed E-state index contributed by atoms with van der Waals surface area (Å²) in [7, 11) is 0. The van der Waals surface area contributed by atoms with Crippen LogP contribution in [0.4, 0.5) is 0 Å². The lowest BCUT2D eigenvalue weighted by molar-refractivity contribution is -0.205. The Morgan fingerprint density at radius 2 is 1.84 bits per heavy atom. The first-order valence-corrected chi connectivity index (χ1v) is 15.9. The fourth-order valence-electron chi connectivity index (χ4n) is 9.61. The van der Waals surface area contributed by atoms with Gasteiger partial charge in [0, 0.05) is 40.5 Å². The van der Waals surface area contributed by atoms with Crippen molar-refractivity contribution in [1.82, 2.24) is 5.32 Å². The quantitative estimate of drug-likeness (QED) is 0.358. The van der Waals surface area contributed by atoms with Crippen molar-refractivity contribution >= 4 is 23.5 Å². The van der Waals surface area contributed by atoms with E-state index in [2.05, 4.69) is 46.5 Å². The second-order valence-corrected chi connectivity index (χ2v) is 15.4. The molecule has 3 aliphatic carbocycles. The van der Waals surface area contributed by atoms with Crippen molar-refractivity contribution in [3.63, 3.8) is 0 Å². The second kappa shape index (κ2) is 9.96. The molecule has 2 aliphatic heterocycles. The van der Waals surface area contributed by atoms with Crippen molar-refractivity contribution in [1.29, 1.82) is 0 Å². The zero-order valence-corrected chi connectivity index (χ0v) is 24.4. The summed E-state index contributed by atoms with van der Waals surface area (Å²) in [5.74, 6) is 1.37. The Labute approximate surface area is 228 Å². The van der Waals surface area contributed by atoms with Gasteiger partial charge in [0.05, 0.1) is 11.9 Å². The third-order valence-corrected chi connectivity index (χ3v) is 13.2. The molecular weight excluding hydrogens is 482 g/mol. The smallest absolute Gasteiger partial charge is 0.316 e. The molecule has 6 heteroatoms. The first-order valence-electron chi connectivity index (χ1n) is 14.8. The fraction of sp³-hybridized carbons (Fsp3) is 0.871. The van der Waals surface area contributed by atoms with E-state index in [0.29, 0.717) is 41.7 Å². The number of esters is 1. The van der Waals surface area contributed by atoms with Gasteiger partial charge in [-0.25, -0.2) is 0 Å². The van der Waals surface area contributed by atoms with Crippen LogP contribution in [0.2, 0.25) is 0 Å². The molecule has 37 heavy (non-hydrogen) atoms. The molecule has 5 aliphatic rings. The molecule has 12 atom stereocenters. The summed E-state index contributed by atoms with van der Waals surface area (Å²) in [6.07, 6.45) is 9.40. The maximum absolute atomic E-state index is 13.5. The summed E-state index contributed by atoms with van der Waals surface area (Å²) in [6.45, 7) is 15.1. The first kappa shape index (κ1) is 27.7. The number of aliphatic hydroxyl groups excluding tert-OH is 1. The first-order chi connectivity index (χ1) is 17.4. The van der Waals surface area contributed by atoms with Crippen molar-refractivity contribution in [3.05, 3.63) is 12.7 Å². The number of fused-ring (bicyclic) bond motifs is 2. The second-order valence-electron chi connectivity index (χ2n) is 14.1. The Kier molecular flexibility index (Phi) is 7.46. The SMILES string of the molecule is C=C[C@]1(C)C[C@@H](OC(=O)CS[C@@H]2C[C@H]3CC(C)C[C@@H](C2)N3)[C@@]2(C)[C@H](C)CC[C@]3(CCC(=O)[C@H]32)[C@@H](C)[C@@H]1O. The lowest BCUT2D eigenvalue weighted by Crippen LogP contribution is -2.63. The standard InChI is InChI=1S/C31H49NO4S/c1-7-29(5)16-25(36-26(34)17-37-23-14-21-12-18(2)13-22(15-23)32-21)30(6)19(3)8-10-31(20(4)28(29)35)11-9-24(33)27(30)31/h7,18-23,25,27-28,32,35H,1,8-17H2,2-6H3/t18?,19-,20+,21-,22+,23-,25-,27+,28+,29-,30-,31+/m1/s1. The van der Waals surface area contributed by atoms with Gasteiger partial charge in [-0.1, -0.05) is 40.7 Å². The summed E-state index contributed by atoms with van der Waals surface area (Å²) in [5.41, 5.74) is -1.25. The number of Topliss-reactive ketones (excluding diaryl/α,β-unsaturated/α-hetero) is 1. The van der Waals surface area contributed by atoms with Crippen LogP contribution in [0.3, 0.4) is 0 Å². The van der Waals surface area contributed by atoms with Gasteiger partial charge in [-0.05, 0) is 74.5 Å². The van der Waals surface area contributed by atoms with Gasteiger partial charge in [-0.3, -0.25) is 9.59 Å². The average Bonchev–Trinajstić information content (AvgIpc) is 3.20. The van der Waals surface area contributed by atoms with Crippen LogP contribution in [0.15, 0.2) is 12.7 Å². The van der Waals surface area contributed by atoms with E-state index in [1.807, 2.05) is 6.08 Å². The number of ether oxygens (including phenoxy) is 1. The van der Waals surface area contributed by atoms with E-state index in [1.165, 1.54) is 12.8 Å². The molecule has 2 saturated heterocycles. The van der Waals surface area contributed by atoms with Gasteiger partial charge in [0.2, 0.25) is 0 Å². The number of nitrogens with one attached hydrogen (secondary N) is 1. The monoisotopic (exact) mass is 531 g/mol. The highest BCUT2D eigenvalue weighted by atomic mass is 32.2. The number of hydrogen-bond acceptors (Lipinski definition) is 6. The Bertz CT molecular complexity index is 907. The molecule has 0 aromatic rings. The molecule has 0 aromatic heterocycles. The summed E-state index contributed by atoms with van der Waals surface area (Å²) in [6, 6.07) is 1.14. The van der Waals surface area contributed by atoms with Crippen LogP contribution < -0.4 is 5.32 Å². The van der Waals surface area contributed by atoms with Crippen LogP contribution in [-0.2, 0) is 14.3 Å². The molecule has 5 nitrogen and oxygen atoms in total. The van der Waals surface area contributed by atoms with Crippen molar-refractivity contribution in [3.8, 4) is 0 Å². The minimum atomic E-state index is -0.622. The summed E-state index contributed by atoms with van der Waals surface area (Å²) < 4.78 is 6.44. The van der Waals surface area contributed by atoms with Crippen LogP contribution in [-0.4, -0.2) is 52.2 Å². The molecule has 0 radical (unpaired) electrons. The number of ketones is 1. The molecule has 5 fully saturated rings. The van der Waals surface area contributed by atoms with E-state index in [4.69, 9.17) is 4.74 Å². The lowest BCUT2D eigenvalue weighted by Gasteiger charge is -2.61. The normalized spacial score (nSPS) is 51.5. The van der Waals surface area contributed by atoms with Gasteiger partial charge in [0.1, 0.15) is 11.9 Å². The number of aliphatic hydroxyl groups is 1. The van der Waals surface area contributed by atoms with Crippen LogP contribution in [0.1, 0.15) is 92.4 Å². The molecule has 0 amide bonds.